The number of aromatic nitrogens is 1. The van der Waals surface area contributed by atoms with E-state index in [1.165, 1.54) is 19.3 Å². The van der Waals surface area contributed by atoms with Gasteiger partial charge in [-0.25, -0.2) is 4.98 Å². The first-order valence-corrected chi connectivity index (χ1v) is 7.62. The summed E-state index contributed by atoms with van der Waals surface area (Å²) in [7, 11) is 0. The van der Waals surface area contributed by atoms with Crippen LogP contribution in [0.15, 0.2) is 5.38 Å². The van der Waals surface area contributed by atoms with Gasteiger partial charge in [0.05, 0.1) is 22.3 Å². The molecule has 5 heteroatoms. The van der Waals surface area contributed by atoms with Crippen LogP contribution in [0, 0.1) is 12.8 Å². The SMILES string of the molecule is Cc1nc(C(NN)C2CCOC3(CCC3)C2)cs1. The van der Waals surface area contributed by atoms with Crippen molar-refractivity contribution < 1.29 is 4.74 Å². The molecule has 1 saturated heterocycles. The fourth-order valence-electron chi connectivity index (χ4n) is 3.26. The Balaban J connectivity index is 1.75. The number of nitrogens with zero attached hydrogens (tertiary/aromatic N) is 1. The van der Waals surface area contributed by atoms with Crippen molar-refractivity contribution >= 4 is 11.3 Å². The second-order valence-corrected chi connectivity index (χ2v) is 6.64. The molecule has 18 heavy (non-hydrogen) atoms. The Labute approximate surface area is 112 Å². The monoisotopic (exact) mass is 267 g/mol. The summed E-state index contributed by atoms with van der Waals surface area (Å²) < 4.78 is 5.98. The lowest BCUT2D eigenvalue weighted by molar-refractivity contribution is -0.147. The molecule has 2 atom stereocenters. The van der Waals surface area contributed by atoms with Crippen LogP contribution in [0.3, 0.4) is 0 Å². The van der Waals surface area contributed by atoms with Crippen molar-refractivity contribution in [2.24, 2.45) is 11.8 Å². The number of nitrogens with one attached hydrogen (secondary N) is 1. The van der Waals surface area contributed by atoms with Gasteiger partial charge in [0.15, 0.2) is 0 Å². The van der Waals surface area contributed by atoms with Gasteiger partial charge in [0.2, 0.25) is 0 Å². The largest absolute Gasteiger partial charge is 0.375 e. The van der Waals surface area contributed by atoms with E-state index in [4.69, 9.17) is 10.6 Å². The lowest BCUT2D eigenvalue weighted by Crippen LogP contribution is -2.48. The molecule has 0 bridgehead atoms. The van der Waals surface area contributed by atoms with Crippen LogP contribution in [0.1, 0.15) is 48.8 Å². The van der Waals surface area contributed by atoms with E-state index in [1.807, 2.05) is 6.92 Å². The second kappa shape index (κ2) is 4.89. The normalized spacial score (nSPS) is 28.0. The van der Waals surface area contributed by atoms with Gasteiger partial charge in [0, 0.05) is 12.0 Å². The van der Waals surface area contributed by atoms with Crippen molar-refractivity contribution in [3.63, 3.8) is 0 Å². The molecule has 100 valence electrons. The van der Waals surface area contributed by atoms with Gasteiger partial charge in [-0.15, -0.1) is 11.3 Å². The lowest BCUT2D eigenvalue weighted by Gasteiger charge is -2.48. The van der Waals surface area contributed by atoms with Gasteiger partial charge in [0.1, 0.15) is 0 Å². The summed E-state index contributed by atoms with van der Waals surface area (Å²) in [5.74, 6) is 6.31. The van der Waals surface area contributed by atoms with E-state index in [-0.39, 0.29) is 11.6 Å². The molecule has 1 spiro atoms. The maximum Gasteiger partial charge on any atom is 0.0898 e. The van der Waals surface area contributed by atoms with E-state index in [9.17, 15) is 0 Å². The number of rotatable bonds is 3. The summed E-state index contributed by atoms with van der Waals surface area (Å²) in [6.07, 6.45) is 5.95. The maximum absolute atomic E-state index is 5.98. The predicted octanol–water partition coefficient (Wildman–Crippen LogP) is 2.31. The Kier molecular flexibility index (Phi) is 3.40. The number of hydrogen-bond acceptors (Lipinski definition) is 5. The van der Waals surface area contributed by atoms with Crippen LogP contribution >= 0.6 is 11.3 Å². The molecule has 1 saturated carbocycles. The standard InChI is InChI=1S/C13H21N3OS/c1-9-15-11(8-18-9)12(16-14)10-3-6-17-13(7-10)4-2-5-13/h8,10,12,16H,2-7,14H2,1H3. The minimum atomic E-state index is 0.170. The highest BCUT2D eigenvalue weighted by Gasteiger charge is 2.44. The molecule has 4 nitrogen and oxygen atoms in total. The third-order valence-corrected chi connectivity index (χ3v) is 5.19. The highest BCUT2D eigenvalue weighted by molar-refractivity contribution is 7.09. The maximum atomic E-state index is 5.98. The Morgan fingerprint density at radius 1 is 1.61 bits per heavy atom. The zero-order chi connectivity index (χ0) is 12.6. The number of hydrogen-bond donors (Lipinski definition) is 2. The number of nitrogens with two attached hydrogens (primary N) is 1. The van der Waals surface area contributed by atoms with E-state index in [1.54, 1.807) is 11.3 Å². The second-order valence-electron chi connectivity index (χ2n) is 5.57. The van der Waals surface area contributed by atoms with Crippen LogP contribution in [0.4, 0.5) is 0 Å². The summed E-state index contributed by atoms with van der Waals surface area (Å²) in [6.45, 7) is 2.91. The highest BCUT2D eigenvalue weighted by atomic mass is 32.1. The van der Waals surface area contributed by atoms with Gasteiger partial charge in [-0.3, -0.25) is 11.3 Å². The molecule has 2 aliphatic rings. The summed E-state index contributed by atoms with van der Waals surface area (Å²) in [5.41, 5.74) is 4.24. The Hall–Kier alpha value is -0.490. The van der Waals surface area contributed by atoms with Crippen molar-refractivity contribution in [2.75, 3.05) is 6.61 Å². The molecular formula is C13H21N3OS. The molecule has 1 aliphatic heterocycles. The Bertz CT molecular complexity index is 416. The molecule has 3 rings (SSSR count). The van der Waals surface area contributed by atoms with Gasteiger partial charge in [-0.05, 0) is 44.9 Å². The number of ether oxygens (including phenoxy) is 1. The molecule has 1 aromatic heterocycles. The van der Waals surface area contributed by atoms with Crippen molar-refractivity contribution in [2.45, 2.75) is 50.7 Å². The van der Waals surface area contributed by atoms with Gasteiger partial charge < -0.3 is 4.74 Å². The van der Waals surface area contributed by atoms with E-state index < -0.39 is 0 Å². The summed E-state index contributed by atoms with van der Waals surface area (Å²) in [6, 6.07) is 0.177. The zero-order valence-electron chi connectivity index (χ0n) is 10.8. The van der Waals surface area contributed by atoms with Crippen LogP contribution in [0.5, 0.6) is 0 Å². The predicted molar refractivity (Wildman–Crippen MR) is 72.2 cm³/mol. The molecule has 0 amide bonds. The number of hydrazine groups is 1. The quantitative estimate of drug-likeness (QED) is 0.651. The van der Waals surface area contributed by atoms with E-state index >= 15 is 0 Å². The van der Waals surface area contributed by atoms with Crippen molar-refractivity contribution in [3.05, 3.63) is 16.1 Å². The van der Waals surface area contributed by atoms with Gasteiger partial charge in [0.25, 0.3) is 0 Å². The molecule has 0 radical (unpaired) electrons. The number of thiazole rings is 1. The van der Waals surface area contributed by atoms with E-state index in [0.717, 1.165) is 30.2 Å². The minimum Gasteiger partial charge on any atom is -0.375 e. The smallest absolute Gasteiger partial charge is 0.0898 e. The molecule has 1 aliphatic carbocycles. The van der Waals surface area contributed by atoms with Crippen LogP contribution < -0.4 is 11.3 Å². The molecule has 3 N–H and O–H groups in total. The molecule has 0 aromatic carbocycles. The first-order valence-electron chi connectivity index (χ1n) is 6.75. The molecule has 2 heterocycles. The molecular weight excluding hydrogens is 246 g/mol. The molecule has 2 unspecified atom stereocenters. The van der Waals surface area contributed by atoms with Gasteiger partial charge in [-0.1, -0.05) is 0 Å². The van der Waals surface area contributed by atoms with E-state index in [0.29, 0.717) is 5.92 Å². The molecule has 2 fully saturated rings. The fraction of sp³-hybridized carbons (Fsp3) is 0.769. The van der Waals surface area contributed by atoms with Crippen molar-refractivity contribution in [1.82, 2.24) is 10.4 Å². The minimum absolute atomic E-state index is 0.170. The summed E-state index contributed by atoms with van der Waals surface area (Å²) >= 11 is 1.69. The lowest BCUT2D eigenvalue weighted by atomic mass is 9.70. The average molecular weight is 267 g/mol. The summed E-state index contributed by atoms with van der Waals surface area (Å²) in [5, 5.41) is 3.23. The third kappa shape index (κ3) is 2.20. The van der Waals surface area contributed by atoms with Crippen LogP contribution in [-0.4, -0.2) is 17.2 Å². The van der Waals surface area contributed by atoms with Crippen LogP contribution in [0.25, 0.3) is 0 Å². The van der Waals surface area contributed by atoms with Gasteiger partial charge >= 0.3 is 0 Å². The van der Waals surface area contributed by atoms with Crippen LogP contribution in [-0.2, 0) is 4.74 Å². The first-order chi connectivity index (χ1) is 8.72. The summed E-state index contributed by atoms with van der Waals surface area (Å²) in [4.78, 5) is 4.58. The fourth-order valence-corrected chi connectivity index (χ4v) is 3.90. The van der Waals surface area contributed by atoms with Gasteiger partial charge in [-0.2, -0.15) is 0 Å². The highest BCUT2D eigenvalue weighted by Crippen LogP contribution is 2.47. The third-order valence-electron chi connectivity index (χ3n) is 4.40. The average Bonchev–Trinajstić information content (AvgIpc) is 2.75. The van der Waals surface area contributed by atoms with Crippen molar-refractivity contribution in [3.8, 4) is 0 Å². The Morgan fingerprint density at radius 3 is 3.00 bits per heavy atom. The number of aryl methyl sites for hydroxylation is 1. The van der Waals surface area contributed by atoms with E-state index in [2.05, 4.69) is 15.8 Å². The Morgan fingerprint density at radius 2 is 2.44 bits per heavy atom. The van der Waals surface area contributed by atoms with Crippen LogP contribution in [0.2, 0.25) is 0 Å². The first kappa shape index (κ1) is 12.5. The van der Waals surface area contributed by atoms with Crippen molar-refractivity contribution in [1.29, 1.82) is 0 Å². The topological polar surface area (TPSA) is 60.2 Å². The zero-order valence-corrected chi connectivity index (χ0v) is 11.6. The molecule has 1 aromatic rings.